The maximum absolute atomic E-state index is 11.3. The van der Waals surface area contributed by atoms with Crippen molar-refractivity contribution in [1.82, 2.24) is 0 Å². The second-order valence-corrected chi connectivity index (χ2v) is 4.15. The minimum Gasteiger partial charge on any atom is -0.293 e. The summed E-state index contributed by atoms with van der Waals surface area (Å²) in [5.41, 5.74) is 1.95. The van der Waals surface area contributed by atoms with Crippen molar-refractivity contribution in [2.24, 2.45) is 0 Å². The van der Waals surface area contributed by atoms with E-state index in [-0.39, 0.29) is 5.78 Å². The lowest BCUT2D eigenvalue weighted by molar-refractivity contribution is 0.102. The molecule has 0 radical (unpaired) electrons. The van der Waals surface area contributed by atoms with Gasteiger partial charge in [0.25, 0.3) is 0 Å². The molecule has 0 aliphatic heterocycles. The number of aryl methyl sites for hydroxylation is 1. The molecule has 0 N–H and O–H groups in total. The summed E-state index contributed by atoms with van der Waals surface area (Å²) < 4.78 is 0. The summed E-state index contributed by atoms with van der Waals surface area (Å²) in [6.45, 7) is 2.02. The number of ketones is 1. The molecule has 0 bridgehead atoms. The van der Waals surface area contributed by atoms with Gasteiger partial charge in [0.05, 0.1) is 5.33 Å². The second-order valence-electron chi connectivity index (χ2n) is 2.74. The van der Waals surface area contributed by atoms with E-state index < -0.39 is 0 Å². The van der Waals surface area contributed by atoms with Crippen LogP contribution in [0.1, 0.15) is 15.9 Å². The first kappa shape index (κ1) is 10.8. The molecule has 0 atom stereocenters. The average Bonchev–Trinajstić information content (AvgIpc) is 2.16. The van der Waals surface area contributed by atoms with E-state index >= 15 is 0 Å². The Morgan fingerprint density at radius 3 is 2.69 bits per heavy atom. The fourth-order valence-corrected chi connectivity index (χ4v) is 2.04. The molecule has 0 heterocycles. The summed E-state index contributed by atoms with van der Waals surface area (Å²) in [5, 5.41) is 0.394. The Kier molecular flexibility index (Phi) is 4.00. The van der Waals surface area contributed by atoms with E-state index in [1.165, 1.54) is 10.5 Å². The highest BCUT2D eigenvalue weighted by molar-refractivity contribution is 9.09. The minimum absolute atomic E-state index is 0.135. The molecule has 0 spiro atoms. The van der Waals surface area contributed by atoms with Crippen molar-refractivity contribution in [3.8, 4) is 0 Å². The topological polar surface area (TPSA) is 17.1 Å². The molecule has 1 aromatic rings. The number of benzene rings is 1. The molecule has 1 aromatic carbocycles. The Morgan fingerprint density at radius 2 is 2.23 bits per heavy atom. The van der Waals surface area contributed by atoms with Crippen LogP contribution in [-0.4, -0.2) is 17.4 Å². The summed E-state index contributed by atoms with van der Waals surface area (Å²) >= 11 is 4.86. The highest BCUT2D eigenvalue weighted by Crippen LogP contribution is 2.20. The van der Waals surface area contributed by atoms with Crippen molar-refractivity contribution in [1.29, 1.82) is 0 Å². The van der Waals surface area contributed by atoms with Gasteiger partial charge >= 0.3 is 0 Å². The SMILES string of the molecule is CSc1ccc(C(=O)CBr)cc1C. The summed E-state index contributed by atoms with van der Waals surface area (Å²) in [7, 11) is 0. The maximum Gasteiger partial charge on any atom is 0.173 e. The Morgan fingerprint density at radius 1 is 1.54 bits per heavy atom. The summed E-state index contributed by atoms with van der Waals surface area (Å²) in [4.78, 5) is 12.5. The van der Waals surface area contributed by atoms with Gasteiger partial charge in [-0.1, -0.05) is 22.0 Å². The van der Waals surface area contributed by atoms with Crippen LogP contribution in [0.5, 0.6) is 0 Å². The Balaban J connectivity index is 3.02. The third-order valence-corrected chi connectivity index (χ3v) is 3.25. The van der Waals surface area contributed by atoms with Crippen molar-refractivity contribution in [2.75, 3.05) is 11.6 Å². The van der Waals surface area contributed by atoms with Crippen LogP contribution < -0.4 is 0 Å². The number of alkyl halides is 1. The van der Waals surface area contributed by atoms with Crippen LogP contribution in [0.4, 0.5) is 0 Å². The summed E-state index contributed by atoms with van der Waals surface area (Å²) in [5.74, 6) is 0.135. The highest BCUT2D eigenvalue weighted by Gasteiger charge is 2.05. The van der Waals surface area contributed by atoms with Crippen molar-refractivity contribution in [3.05, 3.63) is 29.3 Å². The monoisotopic (exact) mass is 258 g/mol. The minimum atomic E-state index is 0.135. The predicted octanol–water partition coefficient (Wildman–Crippen LogP) is 3.29. The smallest absolute Gasteiger partial charge is 0.173 e. The van der Waals surface area contributed by atoms with Crippen LogP contribution in [0.2, 0.25) is 0 Å². The van der Waals surface area contributed by atoms with E-state index in [1.54, 1.807) is 11.8 Å². The molecule has 0 amide bonds. The molecule has 0 aromatic heterocycles. The molecule has 0 unspecified atom stereocenters. The van der Waals surface area contributed by atoms with E-state index in [1.807, 2.05) is 31.4 Å². The van der Waals surface area contributed by atoms with Crippen molar-refractivity contribution in [3.63, 3.8) is 0 Å². The summed E-state index contributed by atoms with van der Waals surface area (Å²) in [6.07, 6.45) is 2.04. The van der Waals surface area contributed by atoms with Gasteiger partial charge in [0, 0.05) is 10.5 Å². The zero-order valence-electron chi connectivity index (χ0n) is 7.63. The largest absolute Gasteiger partial charge is 0.293 e. The molecule has 0 saturated carbocycles. The molecule has 0 aliphatic carbocycles. The molecule has 3 heteroatoms. The Hall–Kier alpha value is -0.280. The van der Waals surface area contributed by atoms with E-state index in [0.717, 1.165) is 5.56 Å². The number of rotatable bonds is 3. The fourth-order valence-electron chi connectivity index (χ4n) is 1.13. The Bertz CT molecular complexity index is 323. The van der Waals surface area contributed by atoms with Crippen LogP contribution in [-0.2, 0) is 0 Å². The lowest BCUT2D eigenvalue weighted by Crippen LogP contribution is -2.00. The van der Waals surface area contributed by atoms with Gasteiger partial charge in [-0.3, -0.25) is 4.79 Å². The number of thioether (sulfide) groups is 1. The van der Waals surface area contributed by atoms with Gasteiger partial charge in [0.2, 0.25) is 0 Å². The van der Waals surface area contributed by atoms with Gasteiger partial charge in [-0.2, -0.15) is 0 Å². The number of carbonyl (C=O) groups is 1. The van der Waals surface area contributed by atoms with E-state index in [4.69, 9.17) is 0 Å². The van der Waals surface area contributed by atoms with Gasteiger partial charge in [0.15, 0.2) is 5.78 Å². The molecule has 1 rings (SSSR count). The number of hydrogen-bond donors (Lipinski definition) is 0. The predicted molar refractivity (Wildman–Crippen MR) is 61.1 cm³/mol. The van der Waals surface area contributed by atoms with Gasteiger partial charge in [-0.15, -0.1) is 11.8 Å². The Labute approximate surface area is 91.0 Å². The number of carbonyl (C=O) groups excluding carboxylic acids is 1. The van der Waals surface area contributed by atoms with Gasteiger partial charge < -0.3 is 0 Å². The standard InChI is InChI=1S/C10H11BrOS/c1-7-5-8(9(12)6-11)3-4-10(7)13-2/h3-5H,6H2,1-2H3. The third-order valence-electron chi connectivity index (χ3n) is 1.84. The van der Waals surface area contributed by atoms with Crippen molar-refractivity contribution < 1.29 is 4.79 Å². The van der Waals surface area contributed by atoms with Crippen LogP contribution >= 0.6 is 27.7 Å². The molecule has 0 aliphatic rings. The lowest BCUT2D eigenvalue weighted by atomic mass is 10.1. The fraction of sp³-hybridized carbons (Fsp3) is 0.300. The number of Topliss-reactive ketones (excluding diaryl/α,β-unsaturated/α-hetero) is 1. The first-order chi connectivity index (χ1) is 6.19. The van der Waals surface area contributed by atoms with Crippen LogP contribution in [0.3, 0.4) is 0 Å². The normalized spacial score (nSPS) is 10.1. The van der Waals surface area contributed by atoms with Crippen molar-refractivity contribution in [2.45, 2.75) is 11.8 Å². The quantitative estimate of drug-likeness (QED) is 0.470. The van der Waals surface area contributed by atoms with Gasteiger partial charge in [-0.05, 0) is 30.9 Å². The highest BCUT2D eigenvalue weighted by atomic mass is 79.9. The molecule has 13 heavy (non-hydrogen) atoms. The zero-order chi connectivity index (χ0) is 9.84. The second kappa shape index (κ2) is 4.82. The summed E-state index contributed by atoms with van der Waals surface area (Å²) in [6, 6.07) is 5.81. The third kappa shape index (κ3) is 2.58. The number of halogens is 1. The average molecular weight is 259 g/mol. The maximum atomic E-state index is 11.3. The molecule has 70 valence electrons. The molecule has 0 saturated heterocycles. The van der Waals surface area contributed by atoms with Crippen molar-refractivity contribution >= 4 is 33.5 Å². The molecule has 1 nitrogen and oxygen atoms in total. The van der Waals surface area contributed by atoms with Crippen LogP contribution in [0, 0.1) is 6.92 Å². The van der Waals surface area contributed by atoms with E-state index in [0.29, 0.717) is 5.33 Å². The van der Waals surface area contributed by atoms with E-state index in [2.05, 4.69) is 15.9 Å². The zero-order valence-corrected chi connectivity index (χ0v) is 10.0. The van der Waals surface area contributed by atoms with E-state index in [9.17, 15) is 4.79 Å². The number of hydrogen-bond acceptors (Lipinski definition) is 2. The molecular formula is C10H11BrOS. The van der Waals surface area contributed by atoms with Crippen LogP contribution in [0.15, 0.2) is 23.1 Å². The van der Waals surface area contributed by atoms with Gasteiger partial charge in [-0.25, -0.2) is 0 Å². The first-order valence-electron chi connectivity index (χ1n) is 3.93. The van der Waals surface area contributed by atoms with Crippen LogP contribution in [0.25, 0.3) is 0 Å². The molecular weight excluding hydrogens is 248 g/mol. The lowest BCUT2D eigenvalue weighted by Gasteiger charge is -2.03. The first-order valence-corrected chi connectivity index (χ1v) is 6.27. The molecule has 0 fully saturated rings. The van der Waals surface area contributed by atoms with Gasteiger partial charge in [0.1, 0.15) is 0 Å².